The van der Waals surface area contributed by atoms with Gasteiger partial charge in [0, 0.05) is 18.6 Å². The first-order valence-electron chi connectivity index (χ1n) is 6.99. The van der Waals surface area contributed by atoms with Gasteiger partial charge in [0.2, 0.25) is 0 Å². The summed E-state index contributed by atoms with van der Waals surface area (Å²) in [7, 11) is 2.96. The summed E-state index contributed by atoms with van der Waals surface area (Å²) in [5.74, 6) is 0.787. The van der Waals surface area contributed by atoms with Crippen molar-refractivity contribution in [2.24, 2.45) is 5.73 Å². The molecule has 0 aliphatic carbocycles. The zero-order valence-electron chi connectivity index (χ0n) is 12.7. The molecule has 0 aliphatic rings. The molecule has 2 aromatic carbocycles. The minimum Gasteiger partial charge on any atom is -0.508 e. The molecule has 4 N–H and O–H groups in total. The van der Waals surface area contributed by atoms with Gasteiger partial charge in [0.25, 0.3) is 0 Å². The molecule has 0 radical (unpaired) electrons. The van der Waals surface area contributed by atoms with E-state index in [9.17, 15) is 10.2 Å². The Morgan fingerprint density at radius 1 is 1.05 bits per heavy atom. The molecule has 0 amide bonds. The minimum absolute atomic E-state index is 0.0159. The van der Waals surface area contributed by atoms with E-state index in [0.29, 0.717) is 23.5 Å². The first-order valence-corrected chi connectivity index (χ1v) is 6.99. The Kier molecular flexibility index (Phi) is 5.25. The first-order chi connectivity index (χ1) is 10.6. The Labute approximate surface area is 129 Å². The molecule has 0 aromatic heterocycles. The van der Waals surface area contributed by atoms with Crippen LogP contribution in [0.15, 0.2) is 42.5 Å². The summed E-state index contributed by atoms with van der Waals surface area (Å²) < 4.78 is 10.5. The number of aromatic hydroxyl groups is 1. The van der Waals surface area contributed by atoms with Gasteiger partial charge in [0.05, 0.1) is 31.9 Å². The average Bonchev–Trinajstić information content (AvgIpc) is 2.54. The molecule has 22 heavy (non-hydrogen) atoms. The highest BCUT2D eigenvalue weighted by atomic mass is 16.5. The quantitative estimate of drug-likeness (QED) is 0.760. The Hall–Kier alpha value is -2.24. The molecule has 0 spiro atoms. The van der Waals surface area contributed by atoms with Crippen LogP contribution in [0.1, 0.15) is 17.2 Å². The lowest BCUT2D eigenvalue weighted by molar-refractivity contribution is 0.142. The monoisotopic (exact) mass is 303 g/mol. The standard InChI is InChI=1S/C17H21NO4/c1-21-14-9-12(19)10-15(22-2)16(14)17(18)13(20)8-11-6-4-3-5-7-11/h3-7,9-10,13,17,19-20H,8,18H2,1-2H3/t13-,17-/m0/s1. The van der Waals surface area contributed by atoms with Crippen LogP contribution in [0.5, 0.6) is 17.2 Å². The van der Waals surface area contributed by atoms with E-state index in [4.69, 9.17) is 15.2 Å². The molecule has 2 aromatic rings. The predicted molar refractivity (Wildman–Crippen MR) is 84.3 cm³/mol. The number of hydrogen-bond donors (Lipinski definition) is 3. The van der Waals surface area contributed by atoms with Crippen molar-refractivity contribution in [2.75, 3.05) is 14.2 Å². The van der Waals surface area contributed by atoms with Crippen molar-refractivity contribution in [3.63, 3.8) is 0 Å². The van der Waals surface area contributed by atoms with Gasteiger partial charge in [-0.3, -0.25) is 0 Å². The maximum Gasteiger partial charge on any atom is 0.131 e. The molecule has 2 rings (SSSR count). The minimum atomic E-state index is -0.810. The Morgan fingerprint density at radius 2 is 1.59 bits per heavy atom. The van der Waals surface area contributed by atoms with Gasteiger partial charge in [0.15, 0.2) is 0 Å². The fraction of sp³-hybridized carbons (Fsp3) is 0.294. The fourth-order valence-electron chi connectivity index (χ4n) is 2.43. The lowest BCUT2D eigenvalue weighted by Crippen LogP contribution is -2.29. The second-order valence-corrected chi connectivity index (χ2v) is 5.05. The van der Waals surface area contributed by atoms with Crippen molar-refractivity contribution >= 4 is 0 Å². The van der Waals surface area contributed by atoms with Crippen LogP contribution in [0, 0.1) is 0 Å². The van der Waals surface area contributed by atoms with Crippen molar-refractivity contribution in [1.82, 2.24) is 0 Å². The highest BCUT2D eigenvalue weighted by Gasteiger charge is 2.25. The number of aliphatic hydroxyl groups is 1. The molecule has 0 saturated carbocycles. The van der Waals surface area contributed by atoms with Crippen LogP contribution in [0.4, 0.5) is 0 Å². The van der Waals surface area contributed by atoms with Crippen molar-refractivity contribution in [3.05, 3.63) is 53.6 Å². The molecule has 0 aliphatic heterocycles. The number of nitrogens with two attached hydrogens (primary N) is 1. The molecule has 5 nitrogen and oxygen atoms in total. The van der Waals surface area contributed by atoms with Gasteiger partial charge in [-0.1, -0.05) is 30.3 Å². The lowest BCUT2D eigenvalue weighted by Gasteiger charge is -2.23. The summed E-state index contributed by atoms with van der Waals surface area (Å²) in [6.45, 7) is 0. The molecule has 0 unspecified atom stereocenters. The number of phenolic OH excluding ortho intramolecular Hbond substituents is 1. The van der Waals surface area contributed by atoms with E-state index < -0.39 is 12.1 Å². The van der Waals surface area contributed by atoms with Crippen LogP contribution in [0.2, 0.25) is 0 Å². The Bertz CT molecular complexity index is 590. The smallest absolute Gasteiger partial charge is 0.131 e. The zero-order valence-corrected chi connectivity index (χ0v) is 12.7. The van der Waals surface area contributed by atoms with Gasteiger partial charge in [0.1, 0.15) is 17.2 Å². The van der Waals surface area contributed by atoms with Crippen LogP contribution < -0.4 is 15.2 Å². The van der Waals surface area contributed by atoms with Gasteiger partial charge in [-0.15, -0.1) is 0 Å². The second-order valence-electron chi connectivity index (χ2n) is 5.05. The van der Waals surface area contributed by atoms with E-state index in [2.05, 4.69) is 0 Å². The first kappa shape index (κ1) is 16.1. The Balaban J connectivity index is 2.30. The molecular formula is C17H21NO4. The number of methoxy groups -OCH3 is 2. The lowest BCUT2D eigenvalue weighted by atomic mass is 9.95. The van der Waals surface area contributed by atoms with Crippen LogP contribution in [0.3, 0.4) is 0 Å². The summed E-state index contributed by atoms with van der Waals surface area (Å²) in [5.41, 5.74) is 7.72. The van der Waals surface area contributed by atoms with E-state index >= 15 is 0 Å². The van der Waals surface area contributed by atoms with Gasteiger partial charge >= 0.3 is 0 Å². The number of hydrogen-bond acceptors (Lipinski definition) is 5. The number of ether oxygens (including phenoxy) is 2. The second kappa shape index (κ2) is 7.15. The third-order valence-corrected chi connectivity index (χ3v) is 3.56. The van der Waals surface area contributed by atoms with Crippen molar-refractivity contribution in [3.8, 4) is 17.2 Å². The topological polar surface area (TPSA) is 84.9 Å². The molecule has 5 heteroatoms. The molecule has 0 heterocycles. The van der Waals surface area contributed by atoms with E-state index in [0.717, 1.165) is 5.56 Å². The van der Waals surface area contributed by atoms with E-state index in [1.165, 1.54) is 26.4 Å². The maximum absolute atomic E-state index is 10.4. The normalized spacial score (nSPS) is 13.5. The van der Waals surface area contributed by atoms with Gasteiger partial charge < -0.3 is 25.4 Å². The average molecular weight is 303 g/mol. The number of aliphatic hydroxyl groups excluding tert-OH is 1. The third-order valence-electron chi connectivity index (χ3n) is 3.56. The van der Waals surface area contributed by atoms with Crippen LogP contribution in [-0.2, 0) is 6.42 Å². The number of rotatable bonds is 6. The third kappa shape index (κ3) is 3.50. The van der Waals surface area contributed by atoms with Crippen LogP contribution in [-0.4, -0.2) is 30.5 Å². The summed E-state index contributed by atoms with van der Waals surface area (Å²) in [4.78, 5) is 0. The van der Waals surface area contributed by atoms with Gasteiger partial charge in [-0.2, -0.15) is 0 Å². The fourth-order valence-corrected chi connectivity index (χ4v) is 2.43. The van der Waals surface area contributed by atoms with Gasteiger partial charge in [-0.05, 0) is 5.56 Å². The van der Waals surface area contributed by atoms with Gasteiger partial charge in [-0.25, -0.2) is 0 Å². The van der Waals surface area contributed by atoms with E-state index in [1.54, 1.807) is 0 Å². The molecule has 0 bridgehead atoms. The summed E-state index contributed by atoms with van der Waals surface area (Å²) >= 11 is 0. The predicted octanol–water partition coefficient (Wildman–Crippen LogP) is 2.01. The molecule has 2 atom stereocenters. The van der Waals surface area contributed by atoms with Crippen molar-refractivity contribution in [2.45, 2.75) is 18.6 Å². The Morgan fingerprint density at radius 3 is 2.09 bits per heavy atom. The van der Waals surface area contributed by atoms with Crippen LogP contribution >= 0.6 is 0 Å². The highest BCUT2D eigenvalue weighted by Crippen LogP contribution is 2.38. The van der Waals surface area contributed by atoms with Crippen molar-refractivity contribution in [1.29, 1.82) is 0 Å². The highest BCUT2D eigenvalue weighted by molar-refractivity contribution is 5.52. The SMILES string of the molecule is COc1cc(O)cc(OC)c1[C@@H](N)[C@@H](O)Cc1ccccc1. The summed E-state index contributed by atoms with van der Waals surface area (Å²) in [6, 6.07) is 11.8. The van der Waals surface area contributed by atoms with Crippen LogP contribution in [0.25, 0.3) is 0 Å². The molecule has 0 saturated heterocycles. The summed E-state index contributed by atoms with van der Waals surface area (Å²) in [5, 5.41) is 20.1. The molecule has 0 fully saturated rings. The zero-order chi connectivity index (χ0) is 16.1. The molecule has 118 valence electrons. The van der Waals surface area contributed by atoms with Crippen molar-refractivity contribution < 1.29 is 19.7 Å². The molecular weight excluding hydrogens is 282 g/mol. The maximum atomic E-state index is 10.4. The van der Waals surface area contributed by atoms with E-state index in [-0.39, 0.29) is 5.75 Å². The number of phenols is 1. The largest absolute Gasteiger partial charge is 0.508 e. The van der Waals surface area contributed by atoms with E-state index in [1.807, 2.05) is 30.3 Å². The summed E-state index contributed by atoms with van der Waals surface area (Å²) in [6.07, 6.45) is -0.399. The number of benzene rings is 2.